The summed E-state index contributed by atoms with van der Waals surface area (Å²) in [5.41, 5.74) is 1.36. The fourth-order valence-corrected chi connectivity index (χ4v) is 4.51. The van der Waals surface area contributed by atoms with Gasteiger partial charge in [0.2, 0.25) is 0 Å². The maximum Gasteiger partial charge on any atom is 0.193 e. The molecule has 0 saturated carbocycles. The summed E-state index contributed by atoms with van der Waals surface area (Å²) >= 11 is 0. The number of nitrogens with zero attached hydrogens (tertiary/aromatic N) is 3. The number of hydrogen-bond donors (Lipinski definition) is 1. The van der Waals surface area contributed by atoms with E-state index < -0.39 is 0 Å². The summed E-state index contributed by atoms with van der Waals surface area (Å²) in [5.74, 6) is 3.29. The van der Waals surface area contributed by atoms with E-state index in [0.717, 1.165) is 43.7 Å². The standard InChI is InChI=1S/C23H38N4O/c1-19(21-7-9-22(28-3)10-8-21)11-13-25-23(24-2)27-16-12-20(18-27)17-26-14-5-4-6-15-26/h7-10,19-20H,4-6,11-18H2,1-3H3,(H,24,25). The number of benzene rings is 1. The van der Waals surface area contributed by atoms with Crippen LogP contribution in [0.3, 0.4) is 0 Å². The summed E-state index contributed by atoms with van der Waals surface area (Å²) in [6.45, 7) is 9.38. The fourth-order valence-electron chi connectivity index (χ4n) is 4.51. The molecule has 0 aromatic heterocycles. The lowest BCUT2D eigenvalue weighted by Gasteiger charge is -2.29. The van der Waals surface area contributed by atoms with Gasteiger partial charge in [-0.15, -0.1) is 0 Å². The van der Waals surface area contributed by atoms with Crippen molar-refractivity contribution >= 4 is 5.96 Å². The number of guanidine groups is 1. The van der Waals surface area contributed by atoms with Crippen molar-refractivity contribution in [3.8, 4) is 5.75 Å². The molecule has 2 aliphatic rings. The lowest BCUT2D eigenvalue weighted by atomic mass is 9.98. The smallest absolute Gasteiger partial charge is 0.193 e. The quantitative estimate of drug-likeness (QED) is 0.574. The van der Waals surface area contributed by atoms with E-state index in [1.54, 1.807) is 7.11 Å². The van der Waals surface area contributed by atoms with E-state index in [9.17, 15) is 0 Å². The molecule has 1 aromatic rings. The summed E-state index contributed by atoms with van der Waals surface area (Å²) in [4.78, 5) is 9.67. The predicted octanol–water partition coefficient (Wildman–Crippen LogP) is 3.57. The molecular weight excluding hydrogens is 348 g/mol. The summed E-state index contributed by atoms with van der Waals surface area (Å²) in [6, 6.07) is 8.43. The number of piperidine rings is 1. The van der Waals surface area contributed by atoms with Crippen LogP contribution < -0.4 is 10.1 Å². The first-order chi connectivity index (χ1) is 13.7. The first-order valence-electron chi connectivity index (χ1n) is 11.0. The van der Waals surface area contributed by atoms with Crippen molar-refractivity contribution in [3.05, 3.63) is 29.8 Å². The zero-order valence-electron chi connectivity index (χ0n) is 18.0. The van der Waals surface area contributed by atoms with Crippen LogP contribution in [0.15, 0.2) is 29.3 Å². The Morgan fingerprint density at radius 2 is 1.93 bits per heavy atom. The SMILES string of the molecule is CN=C(NCCC(C)c1ccc(OC)cc1)N1CCC(CN2CCCCC2)C1. The van der Waals surface area contributed by atoms with Crippen molar-refractivity contribution in [3.63, 3.8) is 0 Å². The third-order valence-corrected chi connectivity index (χ3v) is 6.31. The van der Waals surface area contributed by atoms with E-state index in [2.05, 4.69) is 39.2 Å². The van der Waals surface area contributed by atoms with Crippen LogP contribution >= 0.6 is 0 Å². The normalized spacial score (nSPS) is 22.3. The zero-order valence-corrected chi connectivity index (χ0v) is 18.0. The van der Waals surface area contributed by atoms with Gasteiger partial charge in [-0.2, -0.15) is 0 Å². The van der Waals surface area contributed by atoms with Crippen LogP contribution in [0.2, 0.25) is 0 Å². The fraction of sp³-hybridized carbons (Fsp3) is 0.696. The van der Waals surface area contributed by atoms with Gasteiger partial charge in [-0.25, -0.2) is 0 Å². The van der Waals surface area contributed by atoms with Gasteiger partial charge in [-0.3, -0.25) is 4.99 Å². The van der Waals surface area contributed by atoms with Crippen molar-refractivity contribution in [2.45, 2.75) is 44.9 Å². The molecule has 28 heavy (non-hydrogen) atoms. The Labute approximate surface area is 171 Å². The van der Waals surface area contributed by atoms with Crippen molar-refractivity contribution in [2.24, 2.45) is 10.9 Å². The minimum absolute atomic E-state index is 0.516. The van der Waals surface area contributed by atoms with Crippen molar-refractivity contribution in [2.75, 3.05) is 53.4 Å². The average Bonchev–Trinajstić information content (AvgIpc) is 3.20. The second kappa shape index (κ2) is 10.7. The summed E-state index contributed by atoms with van der Waals surface area (Å²) in [7, 11) is 3.62. The summed E-state index contributed by atoms with van der Waals surface area (Å²) in [6.07, 6.45) is 6.56. The van der Waals surface area contributed by atoms with Gasteiger partial charge in [0, 0.05) is 33.2 Å². The lowest BCUT2D eigenvalue weighted by Crippen LogP contribution is -2.41. The number of likely N-dealkylation sites (tertiary alicyclic amines) is 2. The molecule has 0 bridgehead atoms. The van der Waals surface area contributed by atoms with Crippen molar-refractivity contribution in [1.82, 2.24) is 15.1 Å². The summed E-state index contributed by atoms with van der Waals surface area (Å²) in [5, 5.41) is 3.60. The maximum absolute atomic E-state index is 5.25. The van der Waals surface area contributed by atoms with Gasteiger partial charge in [-0.1, -0.05) is 25.5 Å². The molecule has 1 N–H and O–H groups in total. The minimum Gasteiger partial charge on any atom is -0.497 e. The molecule has 2 heterocycles. The van der Waals surface area contributed by atoms with E-state index in [1.165, 1.54) is 50.9 Å². The molecule has 2 atom stereocenters. The topological polar surface area (TPSA) is 40.1 Å². The van der Waals surface area contributed by atoms with Crippen LogP contribution in [0.5, 0.6) is 5.75 Å². The van der Waals surface area contributed by atoms with Gasteiger partial charge in [0.25, 0.3) is 0 Å². The van der Waals surface area contributed by atoms with E-state index >= 15 is 0 Å². The Kier molecular flexibility index (Phi) is 8.01. The average molecular weight is 387 g/mol. The first kappa shape index (κ1) is 21.0. The largest absolute Gasteiger partial charge is 0.497 e. The van der Waals surface area contributed by atoms with E-state index in [-0.39, 0.29) is 0 Å². The van der Waals surface area contributed by atoms with Gasteiger partial charge in [0.1, 0.15) is 5.75 Å². The Balaban J connectivity index is 1.40. The highest BCUT2D eigenvalue weighted by atomic mass is 16.5. The Bertz CT molecular complexity index is 610. The van der Waals surface area contributed by atoms with Gasteiger partial charge < -0.3 is 19.9 Å². The second-order valence-corrected chi connectivity index (χ2v) is 8.40. The van der Waals surface area contributed by atoms with Crippen molar-refractivity contribution in [1.29, 1.82) is 0 Å². The van der Waals surface area contributed by atoms with Crippen molar-refractivity contribution < 1.29 is 4.74 Å². The monoisotopic (exact) mass is 386 g/mol. The number of ether oxygens (including phenoxy) is 1. The molecule has 3 rings (SSSR count). The highest BCUT2D eigenvalue weighted by Gasteiger charge is 2.26. The first-order valence-corrected chi connectivity index (χ1v) is 11.0. The number of hydrogen-bond acceptors (Lipinski definition) is 3. The van der Waals surface area contributed by atoms with Gasteiger partial charge in [0.05, 0.1) is 7.11 Å². The molecule has 2 fully saturated rings. The van der Waals surface area contributed by atoms with Gasteiger partial charge >= 0.3 is 0 Å². The van der Waals surface area contributed by atoms with Crippen LogP contribution in [-0.4, -0.2) is 69.2 Å². The van der Waals surface area contributed by atoms with E-state index in [1.807, 2.05) is 19.2 Å². The molecule has 2 saturated heterocycles. The predicted molar refractivity (Wildman–Crippen MR) is 117 cm³/mol. The molecule has 0 amide bonds. The zero-order chi connectivity index (χ0) is 19.8. The number of rotatable bonds is 7. The minimum atomic E-state index is 0.516. The van der Waals surface area contributed by atoms with E-state index in [0.29, 0.717) is 5.92 Å². The van der Waals surface area contributed by atoms with Crippen LogP contribution in [-0.2, 0) is 0 Å². The lowest BCUT2D eigenvalue weighted by molar-refractivity contribution is 0.198. The van der Waals surface area contributed by atoms with Crippen LogP contribution in [0, 0.1) is 5.92 Å². The van der Waals surface area contributed by atoms with E-state index in [4.69, 9.17) is 4.74 Å². The number of nitrogens with one attached hydrogen (secondary N) is 1. The van der Waals surface area contributed by atoms with Gasteiger partial charge in [-0.05, 0) is 68.3 Å². The van der Waals surface area contributed by atoms with Crippen LogP contribution in [0.4, 0.5) is 0 Å². The third kappa shape index (κ3) is 5.87. The Hall–Kier alpha value is -1.75. The molecule has 0 aliphatic carbocycles. The highest BCUT2D eigenvalue weighted by molar-refractivity contribution is 5.80. The molecule has 1 aromatic carbocycles. The molecule has 0 spiro atoms. The molecule has 5 heteroatoms. The van der Waals surface area contributed by atoms with Crippen LogP contribution in [0.1, 0.15) is 50.5 Å². The number of aliphatic imine (C=N–C) groups is 1. The Morgan fingerprint density at radius 3 is 2.61 bits per heavy atom. The maximum atomic E-state index is 5.25. The van der Waals surface area contributed by atoms with Gasteiger partial charge in [0.15, 0.2) is 5.96 Å². The molecule has 2 aliphatic heterocycles. The molecule has 0 radical (unpaired) electrons. The second-order valence-electron chi connectivity index (χ2n) is 8.40. The highest BCUT2D eigenvalue weighted by Crippen LogP contribution is 2.22. The third-order valence-electron chi connectivity index (χ3n) is 6.31. The number of methoxy groups -OCH3 is 1. The molecule has 156 valence electrons. The Morgan fingerprint density at radius 1 is 1.18 bits per heavy atom. The molecule has 5 nitrogen and oxygen atoms in total. The van der Waals surface area contributed by atoms with Crippen LogP contribution in [0.25, 0.3) is 0 Å². The molecule has 2 unspecified atom stereocenters. The summed E-state index contributed by atoms with van der Waals surface area (Å²) < 4.78 is 5.25. The molecular formula is C23H38N4O.